The number of ether oxygens (including phenoxy) is 2. The lowest BCUT2D eigenvalue weighted by Gasteiger charge is -2.41. The highest BCUT2D eigenvalue weighted by atomic mass is 35.5. The van der Waals surface area contributed by atoms with Crippen molar-refractivity contribution < 1.29 is 9.47 Å². The van der Waals surface area contributed by atoms with E-state index in [2.05, 4.69) is 45.7 Å². The third-order valence-corrected chi connectivity index (χ3v) is 12.4. The van der Waals surface area contributed by atoms with Gasteiger partial charge in [0.2, 0.25) is 0 Å². The Bertz CT molecular complexity index is 1670. The minimum absolute atomic E-state index is 0. The first-order valence-corrected chi connectivity index (χ1v) is 20.6. The van der Waals surface area contributed by atoms with E-state index in [1.54, 1.807) is 0 Å². The average molecular weight is 788 g/mol. The summed E-state index contributed by atoms with van der Waals surface area (Å²) in [5.41, 5.74) is 4.07. The van der Waals surface area contributed by atoms with E-state index in [1.165, 1.54) is 51.4 Å². The van der Waals surface area contributed by atoms with Crippen LogP contribution >= 0.6 is 24.8 Å². The average Bonchev–Trinajstić information content (AvgIpc) is 3.72. The second-order valence-electron chi connectivity index (χ2n) is 15.8. The molecule has 2 saturated heterocycles. The first kappa shape index (κ1) is 42.5. The molecule has 2 aromatic carbocycles. The number of hydrogen-bond acceptors (Lipinski definition) is 6. The molecule has 0 amide bonds. The van der Waals surface area contributed by atoms with Crippen molar-refractivity contribution in [2.45, 2.75) is 140 Å². The molecule has 4 aliphatic rings. The number of likely N-dealkylation sites (tertiary alicyclic amines) is 2. The van der Waals surface area contributed by atoms with Crippen LogP contribution in [0.15, 0.2) is 58.1 Å². The van der Waals surface area contributed by atoms with Gasteiger partial charge in [-0.15, -0.1) is 24.8 Å². The second-order valence-corrected chi connectivity index (χ2v) is 15.8. The molecular formula is C42H64Cl2N6O4. The third-order valence-electron chi connectivity index (χ3n) is 12.4. The zero-order chi connectivity index (χ0) is 35.9. The molecule has 4 heterocycles. The van der Waals surface area contributed by atoms with E-state index in [9.17, 15) is 9.59 Å². The molecule has 2 N–H and O–H groups in total. The zero-order valence-corrected chi connectivity index (χ0v) is 34.1. The minimum atomic E-state index is 0. The monoisotopic (exact) mass is 786 g/mol. The highest BCUT2D eigenvalue weighted by Crippen LogP contribution is 2.32. The molecule has 2 aliphatic heterocycles. The van der Waals surface area contributed by atoms with Crippen LogP contribution in [0, 0.1) is 0 Å². The smallest absolute Gasteiger partial charge is 0.326 e. The van der Waals surface area contributed by atoms with Crippen LogP contribution in [0.1, 0.15) is 116 Å². The van der Waals surface area contributed by atoms with Crippen LogP contribution in [0.25, 0.3) is 22.1 Å². The predicted octanol–water partition coefficient (Wildman–Crippen LogP) is 8.25. The number of benzene rings is 2. The van der Waals surface area contributed by atoms with Crippen LogP contribution in [0.5, 0.6) is 0 Å². The maximum absolute atomic E-state index is 12.4. The summed E-state index contributed by atoms with van der Waals surface area (Å²) in [4.78, 5) is 36.2. The molecular weight excluding hydrogens is 723 g/mol. The Balaban J connectivity index is 0.000000200. The van der Waals surface area contributed by atoms with E-state index in [1.807, 2.05) is 45.5 Å². The van der Waals surface area contributed by atoms with E-state index in [0.29, 0.717) is 36.4 Å². The number of fused-ring (bicyclic) bond motifs is 2. The van der Waals surface area contributed by atoms with Crippen molar-refractivity contribution >= 4 is 46.9 Å². The molecule has 2 saturated carbocycles. The quantitative estimate of drug-likeness (QED) is 0.168. The summed E-state index contributed by atoms with van der Waals surface area (Å²) >= 11 is 0. The van der Waals surface area contributed by atoms with E-state index < -0.39 is 0 Å². The van der Waals surface area contributed by atoms with Gasteiger partial charge in [-0.05, 0) is 114 Å². The maximum atomic E-state index is 12.4. The molecule has 0 unspecified atom stereocenters. The minimum Gasteiger partial charge on any atom is -0.378 e. The van der Waals surface area contributed by atoms with Gasteiger partial charge in [0.1, 0.15) is 0 Å². The molecule has 2 aromatic heterocycles. The van der Waals surface area contributed by atoms with E-state index in [0.717, 1.165) is 100.0 Å². The molecule has 0 spiro atoms. The number of nitrogens with zero attached hydrogens (tertiary/aromatic N) is 4. The van der Waals surface area contributed by atoms with E-state index in [-0.39, 0.29) is 36.2 Å². The third kappa shape index (κ3) is 10.0. The maximum Gasteiger partial charge on any atom is 0.326 e. The van der Waals surface area contributed by atoms with Crippen LogP contribution in [0.4, 0.5) is 0 Å². The lowest BCUT2D eigenvalue weighted by atomic mass is 9.90. The summed E-state index contributed by atoms with van der Waals surface area (Å²) in [5, 5.41) is 0. The number of piperidine rings is 2. The van der Waals surface area contributed by atoms with Gasteiger partial charge in [0, 0.05) is 63.6 Å². The van der Waals surface area contributed by atoms with Gasteiger partial charge < -0.3 is 29.2 Å². The molecule has 4 aromatic rings. The number of nitrogens with one attached hydrogen (secondary N) is 2. The molecule has 300 valence electrons. The lowest BCUT2D eigenvalue weighted by Crippen LogP contribution is -2.45. The zero-order valence-electron chi connectivity index (χ0n) is 32.5. The van der Waals surface area contributed by atoms with Crippen molar-refractivity contribution in [1.82, 2.24) is 28.9 Å². The van der Waals surface area contributed by atoms with Crippen LogP contribution in [-0.4, -0.2) is 92.6 Å². The van der Waals surface area contributed by atoms with Gasteiger partial charge in [0.15, 0.2) is 0 Å². The molecule has 54 heavy (non-hydrogen) atoms. The Hall–Kier alpha value is -2.60. The van der Waals surface area contributed by atoms with Gasteiger partial charge in [-0.2, -0.15) is 0 Å². The molecule has 0 radical (unpaired) electrons. The van der Waals surface area contributed by atoms with Gasteiger partial charge in [-0.3, -0.25) is 9.13 Å². The lowest BCUT2D eigenvalue weighted by molar-refractivity contribution is 0.00249. The Kier molecular flexibility index (Phi) is 16.2. The second kappa shape index (κ2) is 20.5. The van der Waals surface area contributed by atoms with Crippen LogP contribution in [0.2, 0.25) is 0 Å². The molecule has 2 aliphatic carbocycles. The first-order valence-electron chi connectivity index (χ1n) is 20.6. The summed E-state index contributed by atoms with van der Waals surface area (Å²) in [5.74, 6) is 0. The Labute approximate surface area is 333 Å². The highest BCUT2D eigenvalue weighted by Gasteiger charge is 2.32. The van der Waals surface area contributed by atoms with Crippen LogP contribution in [0.3, 0.4) is 0 Å². The number of aromatic nitrogens is 4. The van der Waals surface area contributed by atoms with Gasteiger partial charge in [0.05, 0.1) is 34.3 Å². The van der Waals surface area contributed by atoms with Crippen molar-refractivity contribution in [3.05, 3.63) is 69.5 Å². The van der Waals surface area contributed by atoms with Crippen molar-refractivity contribution in [2.75, 3.05) is 39.4 Å². The van der Waals surface area contributed by atoms with Gasteiger partial charge in [-0.1, -0.05) is 38.1 Å². The number of halogens is 2. The first-order chi connectivity index (χ1) is 25.5. The number of rotatable bonds is 10. The van der Waals surface area contributed by atoms with Crippen LogP contribution < -0.4 is 11.4 Å². The summed E-state index contributed by atoms with van der Waals surface area (Å²) in [6.07, 6.45) is 17.3. The highest BCUT2D eigenvalue weighted by molar-refractivity contribution is 5.85. The molecule has 0 atom stereocenters. The topological polar surface area (TPSA) is 101 Å². The number of para-hydroxylation sites is 4. The van der Waals surface area contributed by atoms with Gasteiger partial charge in [0.25, 0.3) is 0 Å². The van der Waals surface area contributed by atoms with E-state index in [4.69, 9.17) is 9.47 Å². The summed E-state index contributed by atoms with van der Waals surface area (Å²) in [6.45, 7) is 10.6. The standard InChI is InChI=1S/2C21H31N3O2.2ClH/c2*1-2-15-26-18-9-7-16(8-10-18)23-13-11-17(12-14-23)24-20-6-4-3-5-19(20)22-21(24)25;;/h2*3-6,16-18H,2,7-15H2,1H3,(H,22,25);2*1H. The molecule has 0 bridgehead atoms. The van der Waals surface area contributed by atoms with Gasteiger partial charge in [-0.25, -0.2) is 9.59 Å². The fourth-order valence-electron chi connectivity index (χ4n) is 9.62. The van der Waals surface area contributed by atoms with Crippen molar-refractivity contribution in [3.8, 4) is 0 Å². The normalized spacial score (nSPS) is 24.8. The summed E-state index contributed by atoms with van der Waals surface area (Å²) in [6, 6.07) is 18.1. The predicted molar refractivity (Wildman–Crippen MR) is 224 cm³/mol. The molecule has 10 nitrogen and oxygen atoms in total. The summed E-state index contributed by atoms with van der Waals surface area (Å²) < 4.78 is 15.8. The Morgan fingerprint density at radius 3 is 1.22 bits per heavy atom. The number of imidazole rings is 2. The number of hydrogen-bond donors (Lipinski definition) is 2. The Morgan fingerprint density at radius 1 is 0.519 bits per heavy atom. The fourth-order valence-corrected chi connectivity index (χ4v) is 9.62. The van der Waals surface area contributed by atoms with E-state index >= 15 is 0 Å². The van der Waals surface area contributed by atoms with Crippen molar-refractivity contribution in [2.24, 2.45) is 0 Å². The molecule has 8 rings (SSSR count). The van der Waals surface area contributed by atoms with Gasteiger partial charge >= 0.3 is 11.4 Å². The van der Waals surface area contributed by atoms with Crippen LogP contribution in [-0.2, 0) is 9.47 Å². The molecule has 12 heteroatoms. The Morgan fingerprint density at radius 2 is 0.870 bits per heavy atom. The molecule has 4 fully saturated rings. The largest absolute Gasteiger partial charge is 0.378 e. The van der Waals surface area contributed by atoms with Crippen molar-refractivity contribution in [1.29, 1.82) is 0 Å². The SMILES string of the molecule is CCCOC1CCC(N2CCC(n3c(=O)[nH]c4ccccc43)CC2)CC1.CCCOC1CCC(N2CCC(n3c(=O)[nH]c4ccccc43)CC2)CC1.Cl.Cl. The number of aromatic amines is 2. The fraction of sp³-hybridized carbons (Fsp3) is 0.667. The summed E-state index contributed by atoms with van der Waals surface area (Å²) in [7, 11) is 0. The van der Waals surface area contributed by atoms with Crippen molar-refractivity contribution in [3.63, 3.8) is 0 Å². The number of H-pyrrole nitrogens is 2.